The second-order valence-corrected chi connectivity index (χ2v) is 5.21. The molecule has 0 aromatic carbocycles. The number of unbranched alkanes of at least 4 members (excludes halogenated alkanes) is 10. The molecule has 0 saturated carbocycles. The zero-order valence-corrected chi connectivity index (χ0v) is 16.5. The van der Waals surface area contributed by atoms with Gasteiger partial charge in [-0.1, -0.05) is 118 Å². The summed E-state index contributed by atoms with van der Waals surface area (Å²) >= 11 is 0. The van der Waals surface area contributed by atoms with Crippen LogP contribution in [0.15, 0.2) is 6.08 Å². The van der Waals surface area contributed by atoms with Gasteiger partial charge < -0.3 is 0 Å². The normalized spacial score (nSPS) is 8.62. The Labute approximate surface area is 148 Å². The molecule has 0 rings (SSSR count). The van der Waals surface area contributed by atoms with Crippen LogP contribution in [-0.4, -0.2) is 17.4 Å². The molecule has 0 fully saturated rings. The quantitative estimate of drug-likeness (QED) is 0.276. The van der Waals surface area contributed by atoms with Gasteiger partial charge in [0, 0.05) is 17.4 Å². The zero-order valence-electron chi connectivity index (χ0n) is 15.3. The molecule has 0 amide bonds. The van der Waals surface area contributed by atoms with Crippen LogP contribution in [0, 0.1) is 20.4 Å². The van der Waals surface area contributed by atoms with Gasteiger partial charge in [0.1, 0.15) is 0 Å². The van der Waals surface area contributed by atoms with Crippen molar-refractivity contribution in [2.45, 2.75) is 104 Å². The number of hydrogen-bond acceptors (Lipinski definition) is 0. The van der Waals surface area contributed by atoms with Gasteiger partial charge in [0.05, 0.1) is 0 Å². The van der Waals surface area contributed by atoms with Crippen molar-refractivity contribution in [3.8, 4) is 0 Å². The van der Waals surface area contributed by atoms with Gasteiger partial charge in [-0.25, -0.2) is 0 Å². The number of allylic oxidation sites excluding steroid dienone is 1. The minimum Gasteiger partial charge on any atom is -0.0845 e. The van der Waals surface area contributed by atoms with Crippen LogP contribution in [0.25, 0.3) is 0 Å². The molecule has 124 valence electrons. The van der Waals surface area contributed by atoms with Gasteiger partial charge in [-0.2, -0.15) is 0 Å². The lowest BCUT2D eigenvalue weighted by Gasteiger charge is -1.91. The summed E-state index contributed by atoms with van der Waals surface area (Å²) in [7, 11) is 0. The van der Waals surface area contributed by atoms with Crippen LogP contribution >= 0.6 is 0 Å². The largest absolute Gasteiger partial charge is 0.0845 e. The minimum atomic E-state index is 0. The topological polar surface area (TPSA) is 0 Å². The molecular weight excluding hydrogens is 267 g/mol. The van der Waals surface area contributed by atoms with Crippen molar-refractivity contribution in [3.05, 3.63) is 26.5 Å². The first kappa shape index (κ1) is 29.3. The van der Waals surface area contributed by atoms with Crippen LogP contribution < -0.4 is 0 Å². The molecule has 0 heterocycles. The Hall–Kier alpha value is 0.272. The summed E-state index contributed by atoms with van der Waals surface area (Å²) in [6, 6.07) is 0. The number of rotatable bonds is 11. The third kappa shape index (κ3) is 53.3. The van der Waals surface area contributed by atoms with Crippen molar-refractivity contribution in [3.63, 3.8) is 0 Å². The van der Waals surface area contributed by atoms with E-state index in [9.17, 15) is 0 Å². The zero-order chi connectivity index (χ0) is 15.9. The lowest BCUT2D eigenvalue weighted by molar-refractivity contribution is 0.674. The molecule has 0 aliphatic heterocycles. The molecule has 0 N–H and O–H groups in total. The SMILES string of the molecule is [Al].[CH2]CCCCC.[CH2]CCCCC.[CH]=CCCCCCC. The van der Waals surface area contributed by atoms with Crippen molar-refractivity contribution in [1.82, 2.24) is 0 Å². The Bertz CT molecular complexity index is 116. The highest BCUT2D eigenvalue weighted by atomic mass is 27.0. The second-order valence-electron chi connectivity index (χ2n) is 5.21. The van der Waals surface area contributed by atoms with Gasteiger partial charge in [0.25, 0.3) is 0 Å². The van der Waals surface area contributed by atoms with Gasteiger partial charge in [-0.05, 0) is 12.8 Å². The van der Waals surface area contributed by atoms with Crippen LogP contribution in [0.5, 0.6) is 0 Å². The van der Waals surface area contributed by atoms with Crippen LogP contribution in [0.2, 0.25) is 0 Å². The molecule has 0 aliphatic carbocycles. The molecule has 0 aromatic rings. The highest BCUT2D eigenvalue weighted by Gasteiger charge is 1.81. The smallest absolute Gasteiger partial charge is 0 e. The molecule has 1 heteroatoms. The van der Waals surface area contributed by atoms with E-state index in [4.69, 9.17) is 6.58 Å². The molecule has 0 aliphatic rings. The summed E-state index contributed by atoms with van der Waals surface area (Å²) in [6.07, 6.45) is 18.2. The van der Waals surface area contributed by atoms with Crippen LogP contribution in [0.3, 0.4) is 0 Å². The Kier molecular flexibility index (Phi) is 51.6. The summed E-state index contributed by atoms with van der Waals surface area (Å²) in [4.78, 5) is 0. The average Bonchev–Trinajstić information content (AvgIpc) is 2.49. The third-order valence-electron chi connectivity index (χ3n) is 2.93. The van der Waals surface area contributed by atoms with Crippen molar-refractivity contribution < 1.29 is 0 Å². The lowest BCUT2D eigenvalue weighted by Crippen LogP contribution is -1.71. The maximum Gasteiger partial charge on any atom is 0 e. The van der Waals surface area contributed by atoms with Gasteiger partial charge in [0.15, 0.2) is 0 Å². The Balaban J connectivity index is -0.000000102. The first-order chi connectivity index (χ1) is 9.74. The Morgan fingerprint density at radius 3 is 1.29 bits per heavy atom. The molecule has 21 heavy (non-hydrogen) atoms. The summed E-state index contributed by atoms with van der Waals surface area (Å²) in [5.41, 5.74) is 0. The van der Waals surface area contributed by atoms with E-state index in [2.05, 4.69) is 34.6 Å². The standard InChI is InChI=1S/C8H15.2C6H13.Al/c1-3-5-7-8-6-4-2;2*1-3-5-6-4-2;/h1,3H,4-8H2,2H3;2*1,3-6H2,2H3;. The molecule has 0 atom stereocenters. The Morgan fingerprint density at radius 1 is 0.667 bits per heavy atom. The Morgan fingerprint density at radius 2 is 1.05 bits per heavy atom. The van der Waals surface area contributed by atoms with E-state index < -0.39 is 0 Å². The first-order valence-corrected chi connectivity index (χ1v) is 8.86. The highest BCUT2D eigenvalue weighted by Crippen LogP contribution is 2.01. The molecule has 0 nitrogen and oxygen atoms in total. The highest BCUT2D eigenvalue weighted by molar-refractivity contribution is 5.75. The molecular formula is C20H41Al. The van der Waals surface area contributed by atoms with Crippen LogP contribution in [0.4, 0.5) is 0 Å². The van der Waals surface area contributed by atoms with Crippen molar-refractivity contribution in [2.24, 2.45) is 0 Å². The van der Waals surface area contributed by atoms with E-state index in [1.165, 1.54) is 64.2 Å². The minimum absolute atomic E-state index is 0. The van der Waals surface area contributed by atoms with Gasteiger partial charge in [0.2, 0.25) is 0 Å². The fourth-order valence-corrected chi connectivity index (χ4v) is 1.54. The molecule has 6 radical (unpaired) electrons. The fourth-order valence-electron chi connectivity index (χ4n) is 1.54. The van der Waals surface area contributed by atoms with E-state index in [0.717, 1.165) is 19.3 Å². The first-order valence-electron chi connectivity index (χ1n) is 8.86. The number of hydrogen-bond donors (Lipinski definition) is 0. The van der Waals surface area contributed by atoms with E-state index in [-0.39, 0.29) is 17.4 Å². The fraction of sp³-hybridized carbons (Fsp3) is 0.800. The van der Waals surface area contributed by atoms with E-state index in [1.54, 1.807) is 6.08 Å². The molecule has 0 saturated heterocycles. The van der Waals surface area contributed by atoms with E-state index >= 15 is 0 Å². The molecule has 0 bridgehead atoms. The van der Waals surface area contributed by atoms with Crippen molar-refractivity contribution in [1.29, 1.82) is 0 Å². The summed E-state index contributed by atoms with van der Waals surface area (Å²) in [5.74, 6) is 0. The van der Waals surface area contributed by atoms with E-state index in [1.807, 2.05) is 0 Å². The predicted molar refractivity (Wildman–Crippen MR) is 102 cm³/mol. The molecule has 0 aromatic heterocycles. The van der Waals surface area contributed by atoms with E-state index in [0.29, 0.717) is 0 Å². The summed E-state index contributed by atoms with van der Waals surface area (Å²) in [6.45, 7) is 19.3. The average molecular weight is 309 g/mol. The molecule has 0 spiro atoms. The lowest BCUT2D eigenvalue weighted by atomic mass is 10.2. The predicted octanol–water partition coefficient (Wildman–Crippen LogP) is 7.37. The van der Waals surface area contributed by atoms with Crippen molar-refractivity contribution in [2.75, 3.05) is 0 Å². The maximum absolute atomic E-state index is 5.19. The maximum atomic E-state index is 5.19. The summed E-state index contributed by atoms with van der Waals surface area (Å²) < 4.78 is 0. The van der Waals surface area contributed by atoms with Gasteiger partial charge in [-0.15, -0.1) is 0 Å². The van der Waals surface area contributed by atoms with Crippen molar-refractivity contribution >= 4 is 17.4 Å². The monoisotopic (exact) mass is 308 g/mol. The van der Waals surface area contributed by atoms with Gasteiger partial charge in [-0.3, -0.25) is 0 Å². The van der Waals surface area contributed by atoms with Crippen LogP contribution in [-0.2, 0) is 0 Å². The van der Waals surface area contributed by atoms with Gasteiger partial charge >= 0.3 is 0 Å². The second kappa shape index (κ2) is 37.0. The van der Waals surface area contributed by atoms with Crippen LogP contribution in [0.1, 0.15) is 104 Å². The third-order valence-corrected chi connectivity index (χ3v) is 2.93. The molecule has 0 unspecified atom stereocenters. The summed E-state index contributed by atoms with van der Waals surface area (Å²) in [5, 5.41) is 0.